The third kappa shape index (κ3) is 3.42. The molecule has 0 spiro atoms. The first kappa shape index (κ1) is 14.4. The number of hydrogen-bond acceptors (Lipinski definition) is 3. The average molecular weight is 252 g/mol. The van der Waals surface area contributed by atoms with E-state index >= 15 is 0 Å². The number of rotatable bonds is 6. The maximum Gasteiger partial charge on any atom is 0.223 e. The Morgan fingerprint density at radius 1 is 1.56 bits per heavy atom. The van der Waals surface area contributed by atoms with Gasteiger partial charge in [-0.3, -0.25) is 10.1 Å². The number of carbonyl (C=O) groups excluding carboxylic acids is 1. The normalized spacial score (nSPS) is 13.3. The number of H-pyrrole nitrogens is 1. The van der Waals surface area contributed by atoms with E-state index in [0.717, 1.165) is 11.3 Å². The molecule has 0 aliphatic heterocycles. The van der Waals surface area contributed by atoms with E-state index in [-0.39, 0.29) is 17.1 Å². The summed E-state index contributed by atoms with van der Waals surface area (Å²) in [6, 6.07) is 1.13. The Kier molecular flexibility index (Phi) is 4.27. The Labute approximate surface area is 107 Å². The number of ketones is 1. The molecule has 0 aliphatic carbocycles. The fourth-order valence-corrected chi connectivity index (χ4v) is 2.29. The molecule has 1 unspecified atom stereocenters. The van der Waals surface area contributed by atoms with Crippen LogP contribution in [-0.4, -0.2) is 21.7 Å². The molecule has 100 valence electrons. The lowest BCUT2D eigenvalue weighted by Crippen LogP contribution is -2.39. The lowest BCUT2D eigenvalue weighted by molar-refractivity contribution is -0.540. The number of hydrogen-bond donors (Lipinski definition) is 1. The number of nitro groups is 1. The lowest BCUT2D eigenvalue weighted by atomic mass is 9.78. The fourth-order valence-electron chi connectivity index (χ4n) is 2.29. The summed E-state index contributed by atoms with van der Waals surface area (Å²) in [6.07, 6.45) is 2.32. The van der Waals surface area contributed by atoms with Crippen LogP contribution < -0.4 is 0 Å². The van der Waals surface area contributed by atoms with Crippen LogP contribution in [0.15, 0.2) is 12.3 Å². The van der Waals surface area contributed by atoms with Gasteiger partial charge in [-0.2, -0.15) is 0 Å². The van der Waals surface area contributed by atoms with E-state index in [2.05, 4.69) is 4.98 Å². The second-order valence-corrected chi connectivity index (χ2v) is 5.51. The van der Waals surface area contributed by atoms with E-state index < -0.39 is 11.5 Å². The maximum absolute atomic E-state index is 11.2. The van der Waals surface area contributed by atoms with Gasteiger partial charge < -0.3 is 9.78 Å². The Hall–Kier alpha value is -1.65. The molecule has 1 aromatic heterocycles. The number of Topliss-reactive ketones (excluding diaryl/α,β-unsaturated/α-hetero) is 1. The molecule has 1 N–H and O–H groups in total. The van der Waals surface area contributed by atoms with Crippen molar-refractivity contribution in [3.05, 3.63) is 33.6 Å². The Bertz CT molecular complexity index is 449. The highest BCUT2D eigenvalue weighted by Gasteiger charge is 2.40. The summed E-state index contributed by atoms with van der Waals surface area (Å²) in [4.78, 5) is 25.2. The minimum absolute atomic E-state index is 0.0185. The number of nitrogens with one attached hydrogen (secondary N) is 1. The van der Waals surface area contributed by atoms with Crippen molar-refractivity contribution in [1.29, 1.82) is 0 Å². The summed E-state index contributed by atoms with van der Waals surface area (Å²) in [5.41, 5.74) is 1.24. The summed E-state index contributed by atoms with van der Waals surface area (Å²) < 4.78 is 0. The number of aromatic nitrogens is 1. The first-order valence-corrected chi connectivity index (χ1v) is 6.00. The quantitative estimate of drug-likeness (QED) is 0.624. The third-order valence-corrected chi connectivity index (χ3v) is 3.33. The van der Waals surface area contributed by atoms with Crippen LogP contribution in [0.5, 0.6) is 0 Å². The topological polar surface area (TPSA) is 76.0 Å². The molecular formula is C13H20N2O3. The van der Waals surface area contributed by atoms with Crippen LogP contribution in [0.4, 0.5) is 0 Å². The average Bonchev–Trinajstić information content (AvgIpc) is 2.57. The summed E-state index contributed by atoms with van der Waals surface area (Å²) in [5.74, 6) is -0.0185. The van der Waals surface area contributed by atoms with Gasteiger partial charge in [-0.1, -0.05) is 13.8 Å². The van der Waals surface area contributed by atoms with E-state index in [1.165, 1.54) is 6.92 Å². The van der Waals surface area contributed by atoms with Gasteiger partial charge in [0.2, 0.25) is 6.04 Å². The first-order chi connectivity index (χ1) is 8.24. The molecule has 18 heavy (non-hydrogen) atoms. The highest BCUT2D eigenvalue weighted by Crippen LogP contribution is 2.30. The summed E-state index contributed by atoms with van der Waals surface area (Å²) in [5, 5.41) is 11.2. The standard InChI is InChI=1S/C13H20N2O3/c1-9-5-6-14-11(9)7-12(15(17)18)13(3,4)8-10(2)16/h5-6,12,14H,7-8H2,1-4H3. The predicted octanol–water partition coefficient (Wildman–Crippen LogP) is 2.52. The largest absolute Gasteiger partial charge is 0.365 e. The maximum atomic E-state index is 11.2. The molecule has 0 saturated carbocycles. The van der Waals surface area contributed by atoms with Gasteiger partial charge in [0.05, 0.1) is 6.42 Å². The van der Waals surface area contributed by atoms with Crippen LogP contribution in [0.2, 0.25) is 0 Å². The molecule has 0 amide bonds. The SMILES string of the molecule is CC(=O)CC(C)(C)C(Cc1[nH]ccc1C)[N+](=O)[O-]. The van der Waals surface area contributed by atoms with Crippen LogP contribution in [0, 0.1) is 22.5 Å². The van der Waals surface area contributed by atoms with Crippen molar-refractivity contribution in [2.24, 2.45) is 5.41 Å². The van der Waals surface area contributed by atoms with Crippen LogP contribution in [0.1, 0.15) is 38.4 Å². The van der Waals surface area contributed by atoms with E-state index in [1.54, 1.807) is 20.0 Å². The summed E-state index contributed by atoms with van der Waals surface area (Å²) >= 11 is 0. The van der Waals surface area contributed by atoms with Crippen molar-refractivity contribution in [3.8, 4) is 0 Å². The molecule has 0 aliphatic rings. The zero-order valence-corrected chi connectivity index (χ0v) is 11.3. The van der Waals surface area contributed by atoms with Gasteiger partial charge in [0.1, 0.15) is 5.78 Å². The number of aryl methyl sites for hydroxylation is 1. The van der Waals surface area contributed by atoms with Crippen molar-refractivity contribution in [2.45, 2.75) is 46.6 Å². The summed E-state index contributed by atoms with van der Waals surface area (Å²) in [6.45, 7) is 6.94. The van der Waals surface area contributed by atoms with E-state index in [9.17, 15) is 14.9 Å². The van der Waals surface area contributed by atoms with Crippen LogP contribution >= 0.6 is 0 Å². The number of aromatic amines is 1. The van der Waals surface area contributed by atoms with E-state index in [4.69, 9.17) is 0 Å². The Morgan fingerprint density at radius 2 is 2.17 bits per heavy atom. The molecular weight excluding hydrogens is 232 g/mol. The highest BCUT2D eigenvalue weighted by atomic mass is 16.6. The molecule has 5 heteroatoms. The zero-order valence-electron chi connectivity index (χ0n) is 11.3. The van der Waals surface area contributed by atoms with Gasteiger partial charge in [0.25, 0.3) is 0 Å². The Balaban J connectivity index is 2.93. The molecule has 0 aromatic carbocycles. The highest BCUT2D eigenvalue weighted by molar-refractivity contribution is 5.76. The van der Waals surface area contributed by atoms with Crippen molar-refractivity contribution in [1.82, 2.24) is 4.98 Å². The Morgan fingerprint density at radius 3 is 2.56 bits per heavy atom. The van der Waals surface area contributed by atoms with Crippen molar-refractivity contribution in [3.63, 3.8) is 0 Å². The minimum Gasteiger partial charge on any atom is -0.365 e. The molecule has 1 heterocycles. The zero-order chi connectivity index (χ0) is 13.9. The van der Waals surface area contributed by atoms with E-state index in [0.29, 0.717) is 6.42 Å². The van der Waals surface area contributed by atoms with Crippen molar-refractivity contribution < 1.29 is 9.72 Å². The number of carbonyl (C=O) groups is 1. The van der Waals surface area contributed by atoms with Crippen LogP contribution in [0.3, 0.4) is 0 Å². The monoisotopic (exact) mass is 252 g/mol. The van der Waals surface area contributed by atoms with Crippen molar-refractivity contribution in [2.75, 3.05) is 0 Å². The van der Waals surface area contributed by atoms with Gasteiger partial charge in [-0.15, -0.1) is 0 Å². The van der Waals surface area contributed by atoms with Gasteiger partial charge in [-0.25, -0.2) is 0 Å². The van der Waals surface area contributed by atoms with Gasteiger partial charge in [0, 0.05) is 28.6 Å². The molecule has 1 atom stereocenters. The molecule has 5 nitrogen and oxygen atoms in total. The predicted molar refractivity (Wildman–Crippen MR) is 69.1 cm³/mol. The molecule has 1 rings (SSSR count). The third-order valence-electron chi connectivity index (χ3n) is 3.33. The van der Waals surface area contributed by atoms with Gasteiger partial charge in [-0.05, 0) is 25.5 Å². The minimum atomic E-state index is -0.765. The first-order valence-electron chi connectivity index (χ1n) is 6.00. The van der Waals surface area contributed by atoms with Crippen LogP contribution in [-0.2, 0) is 11.2 Å². The molecule has 1 aromatic rings. The molecule has 0 fully saturated rings. The second kappa shape index (κ2) is 5.33. The number of nitrogens with zero attached hydrogens (tertiary/aromatic N) is 1. The van der Waals surface area contributed by atoms with Gasteiger partial charge in [0.15, 0.2) is 0 Å². The van der Waals surface area contributed by atoms with Gasteiger partial charge >= 0.3 is 0 Å². The smallest absolute Gasteiger partial charge is 0.223 e. The van der Waals surface area contributed by atoms with Crippen molar-refractivity contribution >= 4 is 5.78 Å². The second-order valence-electron chi connectivity index (χ2n) is 5.51. The summed E-state index contributed by atoms with van der Waals surface area (Å²) in [7, 11) is 0. The molecule has 0 radical (unpaired) electrons. The lowest BCUT2D eigenvalue weighted by Gasteiger charge is -2.26. The molecule has 0 bridgehead atoms. The van der Waals surface area contributed by atoms with Crippen LogP contribution in [0.25, 0.3) is 0 Å². The van der Waals surface area contributed by atoms with E-state index in [1.807, 2.05) is 13.0 Å². The fraction of sp³-hybridized carbons (Fsp3) is 0.615. The molecule has 0 saturated heterocycles.